The summed E-state index contributed by atoms with van der Waals surface area (Å²) in [5.41, 5.74) is 3.29. The molecule has 0 spiro atoms. The molecule has 2 aromatic heterocycles. The quantitative estimate of drug-likeness (QED) is 0.605. The van der Waals surface area contributed by atoms with Crippen LogP contribution in [0.3, 0.4) is 0 Å². The lowest BCUT2D eigenvalue weighted by Crippen LogP contribution is -2.21. The molecule has 0 aliphatic heterocycles. The number of carboxylic acid groups (broad SMARTS) is 2. The highest BCUT2D eigenvalue weighted by molar-refractivity contribution is 5.85. The lowest BCUT2D eigenvalue weighted by atomic mass is 9.89. The van der Waals surface area contributed by atoms with Gasteiger partial charge in [-0.3, -0.25) is 5.10 Å². The van der Waals surface area contributed by atoms with E-state index in [2.05, 4.69) is 41.3 Å². The highest BCUT2D eigenvalue weighted by Crippen LogP contribution is 2.23. The van der Waals surface area contributed by atoms with Crippen LogP contribution in [-0.2, 0) is 23.3 Å². The minimum Gasteiger partial charge on any atom is -0.477 e. The van der Waals surface area contributed by atoms with E-state index in [1.165, 1.54) is 6.07 Å². The molecule has 8 nitrogen and oxygen atoms in total. The summed E-state index contributed by atoms with van der Waals surface area (Å²) in [7, 11) is 0. The smallest absolute Gasteiger partial charge is 0.477 e. The Balaban J connectivity index is 0.000000480. The number of hydrogen-bond donors (Lipinski definition) is 4. The summed E-state index contributed by atoms with van der Waals surface area (Å²) >= 11 is 0. The van der Waals surface area contributed by atoms with E-state index < -0.39 is 18.1 Å². The molecule has 2 rings (SSSR count). The number of H-pyrrole nitrogens is 1. The first-order chi connectivity index (χ1) is 12.8. The van der Waals surface area contributed by atoms with Gasteiger partial charge in [0.05, 0.1) is 6.20 Å². The number of alkyl halides is 3. The van der Waals surface area contributed by atoms with Crippen molar-refractivity contribution in [1.82, 2.24) is 20.5 Å². The fourth-order valence-electron chi connectivity index (χ4n) is 2.09. The fourth-order valence-corrected chi connectivity index (χ4v) is 2.09. The standard InChI is InChI=1S/C15H20N4O2.C2HF3O2/c1-15(2,3)13-11(9-18-19-13)8-16-6-10-4-5-12(14(20)21)17-7-10;3-2(4,5)1(6)7/h4-5,7,9,16H,6,8H2,1-3H3,(H,18,19)(H,20,21);(H,6,7). The summed E-state index contributed by atoms with van der Waals surface area (Å²) < 4.78 is 31.7. The fraction of sp³-hybridized carbons (Fsp3) is 0.412. The molecule has 0 bridgehead atoms. The number of aromatic amines is 1. The Bertz CT molecular complexity index is 796. The number of aromatic nitrogens is 3. The molecule has 0 atom stereocenters. The molecule has 0 unspecified atom stereocenters. The Kier molecular flexibility index (Phi) is 7.68. The summed E-state index contributed by atoms with van der Waals surface area (Å²) in [5, 5.41) is 26.4. The number of carbonyl (C=O) groups is 2. The molecule has 11 heteroatoms. The maximum atomic E-state index is 10.7. The number of nitrogens with one attached hydrogen (secondary N) is 2. The average molecular weight is 402 g/mol. The summed E-state index contributed by atoms with van der Waals surface area (Å²) in [6, 6.07) is 3.28. The molecule has 28 heavy (non-hydrogen) atoms. The first-order valence-electron chi connectivity index (χ1n) is 8.04. The van der Waals surface area contributed by atoms with Crippen LogP contribution in [-0.4, -0.2) is 43.5 Å². The van der Waals surface area contributed by atoms with Crippen molar-refractivity contribution in [2.75, 3.05) is 0 Å². The number of hydrogen-bond acceptors (Lipinski definition) is 5. The molecule has 0 saturated heterocycles. The van der Waals surface area contributed by atoms with Gasteiger partial charge < -0.3 is 15.5 Å². The van der Waals surface area contributed by atoms with E-state index in [1.807, 2.05) is 6.20 Å². The van der Waals surface area contributed by atoms with Crippen molar-refractivity contribution in [3.63, 3.8) is 0 Å². The lowest BCUT2D eigenvalue weighted by Gasteiger charge is -2.18. The second-order valence-corrected chi connectivity index (χ2v) is 6.78. The first-order valence-corrected chi connectivity index (χ1v) is 8.04. The zero-order valence-corrected chi connectivity index (χ0v) is 15.5. The molecule has 154 valence electrons. The molecule has 0 radical (unpaired) electrons. The molecular weight excluding hydrogens is 381 g/mol. The van der Waals surface area contributed by atoms with Crippen LogP contribution in [0.5, 0.6) is 0 Å². The maximum absolute atomic E-state index is 10.7. The van der Waals surface area contributed by atoms with Crippen LogP contribution in [0.25, 0.3) is 0 Å². The van der Waals surface area contributed by atoms with Gasteiger partial charge in [-0.25, -0.2) is 14.6 Å². The molecule has 0 aliphatic rings. The van der Waals surface area contributed by atoms with Crippen molar-refractivity contribution in [2.45, 2.75) is 45.5 Å². The third-order valence-corrected chi connectivity index (χ3v) is 3.40. The van der Waals surface area contributed by atoms with Gasteiger partial charge in [-0.15, -0.1) is 0 Å². The van der Waals surface area contributed by atoms with E-state index in [0.717, 1.165) is 16.8 Å². The molecule has 0 saturated carbocycles. The van der Waals surface area contributed by atoms with Gasteiger partial charge >= 0.3 is 18.1 Å². The van der Waals surface area contributed by atoms with Crippen LogP contribution in [0.4, 0.5) is 13.2 Å². The van der Waals surface area contributed by atoms with Crippen molar-refractivity contribution >= 4 is 11.9 Å². The Morgan fingerprint density at radius 2 is 1.71 bits per heavy atom. The number of aromatic carboxylic acids is 1. The lowest BCUT2D eigenvalue weighted by molar-refractivity contribution is -0.192. The van der Waals surface area contributed by atoms with Crippen LogP contribution >= 0.6 is 0 Å². The average Bonchev–Trinajstić information content (AvgIpc) is 3.04. The van der Waals surface area contributed by atoms with E-state index in [1.54, 1.807) is 12.3 Å². The zero-order chi connectivity index (χ0) is 21.5. The van der Waals surface area contributed by atoms with E-state index in [-0.39, 0.29) is 11.1 Å². The molecule has 0 amide bonds. The van der Waals surface area contributed by atoms with Gasteiger partial charge in [-0.2, -0.15) is 18.3 Å². The molecular formula is C17H21F3N4O4. The summed E-state index contributed by atoms with van der Waals surface area (Å²) in [5.74, 6) is -3.77. The second kappa shape index (κ2) is 9.31. The van der Waals surface area contributed by atoms with Gasteiger partial charge in [0, 0.05) is 36.0 Å². The number of nitrogens with zero attached hydrogens (tertiary/aromatic N) is 2. The molecule has 0 aliphatic carbocycles. The second-order valence-electron chi connectivity index (χ2n) is 6.78. The molecule has 4 N–H and O–H groups in total. The van der Waals surface area contributed by atoms with E-state index in [0.29, 0.717) is 13.1 Å². The van der Waals surface area contributed by atoms with Gasteiger partial charge in [0.15, 0.2) is 0 Å². The van der Waals surface area contributed by atoms with Crippen LogP contribution in [0, 0.1) is 0 Å². The van der Waals surface area contributed by atoms with E-state index in [4.69, 9.17) is 15.0 Å². The summed E-state index contributed by atoms with van der Waals surface area (Å²) in [4.78, 5) is 23.5. The van der Waals surface area contributed by atoms with Crippen LogP contribution in [0.15, 0.2) is 24.5 Å². The van der Waals surface area contributed by atoms with E-state index in [9.17, 15) is 18.0 Å². The predicted molar refractivity (Wildman–Crippen MR) is 92.7 cm³/mol. The van der Waals surface area contributed by atoms with Gasteiger partial charge in [0.1, 0.15) is 5.69 Å². The number of aliphatic carboxylic acids is 1. The van der Waals surface area contributed by atoms with E-state index >= 15 is 0 Å². The highest BCUT2D eigenvalue weighted by Gasteiger charge is 2.38. The topological polar surface area (TPSA) is 128 Å². The maximum Gasteiger partial charge on any atom is 0.490 e. The van der Waals surface area contributed by atoms with Gasteiger partial charge in [0.2, 0.25) is 0 Å². The third-order valence-electron chi connectivity index (χ3n) is 3.40. The highest BCUT2D eigenvalue weighted by atomic mass is 19.4. The molecule has 2 heterocycles. The van der Waals surface area contributed by atoms with Gasteiger partial charge in [0.25, 0.3) is 0 Å². The Labute approximate surface area is 158 Å². The number of rotatable bonds is 5. The largest absolute Gasteiger partial charge is 0.490 e. The monoisotopic (exact) mass is 402 g/mol. The van der Waals surface area contributed by atoms with Crippen molar-refractivity contribution in [3.8, 4) is 0 Å². The minimum atomic E-state index is -5.08. The number of halogens is 3. The molecule has 0 aromatic carbocycles. The molecule has 0 fully saturated rings. The number of pyridine rings is 1. The van der Waals surface area contributed by atoms with Crippen LogP contribution in [0.2, 0.25) is 0 Å². The van der Waals surface area contributed by atoms with Gasteiger partial charge in [-0.1, -0.05) is 26.8 Å². The van der Waals surface area contributed by atoms with Crippen LogP contribution < -0.4 is 5.32 Å². The number of carboxylic acids is 2. The predicted octanol–water partition coefficient (Wildman–Crippen LogP) is 2.72. The molecule has 2 aromatic rings. The third kappa shape index (κ3) is 7.35. The Hall–Kier alpha value is -2.95. The van der Waals surface area contributed by atoms with Crippen LogP contribution in [0.1, 0.15) is 48.1 Å². The van der Waals surface area contributed by atoms with Crippen molar-refractivity contribution in [2.24, 2.45) is 0 Å². The summed E-state index contributed by atoms with van der Waals surface area (Å²) in [6.07, 6.45) is -1.67. The Morgan fingerprint density at radius 1 is 1.11 bits per heavy atom. The SMILES string of the molecule is CC(C)(C)c1[nH]ncc1CNCc1ccc(C(=O)O)nc1.O=C(O)C(F)(F)F. The minimum absolute atomic E-state index is 0.0260. The van der Waals surface area contributed by atoms with Crippen molar-refractivity contribution < 1.29 is 33.0 Å². The van der Waals surface area contributed by atoms with Gasteiger partial charge in [-0.05, 0) is 11.6 Å². The summed E-state index contributed by atoms with van der Waals surface area (Å²) in [6.45, 7) is 7.74. The first kappa shape index (κ1) is 23.1. The van der Waals surface area contributed by atoms with Crippen molar-refractivity contribution in [3.05, 3.63) is 47.0 Å². The Morgan fingerprint density at radius 3 is 2.14 bits per heavy atom. The normalized spacial score (nSPS) is 11.5. The van der Waals surface area contributed by atoms with Crippen molar-refractivity contribution in [1.29, 1.82) is 0 Å². The zero-order valence-electron chi connectivity index (χ0n) is 15.5.